The zero-order valence-electron chi connectivity index (χ0n) is 20.0. The van der Waals surface area contributed by atoms with Crippen LogP contribution in [0, 0.1) is 0 Å². The van der Waals surface area contributed by atoms with Gasteiger partial charge in [-0.05, 0) is 29.1 Å². The highest BCUT2D eigenvalue weighted by atomic mass is 32.2. The summed E-state index contributed by atoms with van der Waals surface area (Å²) in [7, 11) is 0. The van der Waals surface area contributed by atoms with Crippen LogP contribution in [0.5, 0.6) is 0 Å². The first kappa shape index (κ1) is 21.8. The Morgan fingerprint density at radius 1 is 0.568 bits per heavy atom. The van der Waals surface area contributed by atoms with Crippen molar-refractivity contribution in [3.8, 4) is 33.9 Å². The summed E-state index contributed by atoms with van der Waals surface area (Å²) in [6, 6.07) is 44.3. The minimum Gasteiger partial charge on any atom is -0.368 e. The molecule has 7 rings (SSSR count). The maximum atomic E-state index is 5.03. The van der Waals surface area contributed by atoms with Crippen molar-refractivity contribution in [2.45, 2.75) is 10.3 Å². The third kappa shape index (κ3) is 4.15. The number of benzene rings is 5. The SMILES string of the molecule is c1ccc(-c2cc(-c3ccccc3)nc(-c3ccc4ccc5c(c4c3)NC(c3ccccc3)S5)n2)cc1. The molecule has 1 aromatic heterocycles. The van der Waals surface area contributed by atoms with Gasteiger partial charge in [0.1, 0.15) is 5.37 Å². The fourth-order valence-corrected chi connectivity index (χ4v) is 6.00. The third-order valence-electron chi connectivity index (χ3n) is 6.73. The van der Waals surface area contributed by atoms with Crippen molar-refractivity contribution in [1.29, 1.82) is 0 Å². The van der Waals surface area contributed by atoms with Gasteiger partial charge in [-0.15, -0.1) is 0 Å². The van der Waals surface area contributed by atoms with Crippen molar-refractivity contribution in [1.82, 2.24) is 9.97 Å². The van der Waals surface area contributed by atoms with Gasteiger partial charge in [0.15, 0.2) is 5.82 Å². The van der Waals surface area contributed by atoms with Crippen molar-refractivity contribution >= 4 is 28.2 Å². The van der Waals surface area contributed by atoms with E-state index < -0.39 is 0 Å². The lowest BCUT2D eigenvalue weighted by atomic mass is 10.0. The average molecular weight is 494 g/mol. The molecule has 0 saturated carbocycles. The lowest BCUT2D eigenvalue weighted by molar-refractivity contribution is 1.14. The normalized spacial score (nSPS) is 14.3. The lowest BCUT2D eigenvalue weighted by Crippen LogP contribution is -2.01. The highest BCUT2D eigenvalue weighted by molar-refractivity contribution is 8.00. The molecule has 4 heteroatoms. The van der Waals surface area contributed by atoms with Crippen LogP contribution in [0.15, 0.2) is 132 Å². The summed E-state index contributed by atoms with van der Waals surface area (Å²) >= 11 is 1.86. The second kappa shape index (κ2) is 9.23. The van der Waals surface area contributed by atoms with Crippen molar-refractivity contribution in [2.24, 2.45) is 0 Å². The Kier molecular flexibility index (Phi) is 5.45. The molecule has 37 heavy (non-hydrogen) atoms. The number of hydrogen-bond donors (Lipinski definition) is 1. The first-order valence-electron chi connectivity index (χ1n) is 12.4. The number of hydrogen-bond acceptors (Lipinski definition) is 4. The van der Waals surface area contributed by atoms with E-state index in [2.05, 4.69) is 96.3 Å². The fourth-order valence-electron chi connectivity index (χ4n) is 4.84. The number of rotatable bonds is 4. The highest BCUT2D eigenvalue weighted by Crippen LogP contribution is 2.49. The molecule has 0 fully saturated rings. The summed E-state index contributed by atoms with van der Waals surface area (Å²) in [6.45, 7) is 0. The Morgan fingerprint density at radius 3 is 1.81 bits per heavy atom. The van der Waals surface area contributed by atoms with Crippen LogP contribution in [0.25, 0.3) is 44.7 Å². The van der Waals surface area contributed by atoms with Crippen LogP contribution in [0.4, 0.5) is 5.69 Å². The van der Waals surface area contributed by atoms with Gasteiger partial charge in [0.2, 0.25) is 0 Å². The summed E-state index contributed by atoms with van der Waals surface area (Å²) < 4.78 is 0. The predicted molar refractivity (Wildman–Crippen MR) is 155 cm³/mol. The number of nitrogens with zero attached hydrogens (tertiary/aromatic N) is 2. The van der Waals surface area contributed by atoms with Gasteiger partial charge in [0.05, 0.1) is 17.1 Å². The van der Waals surface area contributed by atoms with Crippen molar-refractivity contribution in [3.05, 3.63) is 133 Å². The van der Waals surface area contributed by atoms with Crippen molar-refractivity contribution in [2.75, 3.05) is 5.32 Å². The number of nitrogens with one attached hydrogen (secondary N) is 1. The van der Waals surface area contributed by atoms with Crippen LogP contribution in [-0.2, 0) is 0 Å². The second-order valence-corrected chi connectivity index (χ2v) is 10.3. The van der Waals surface area contributed by atoms with Crippen molar-refractivity contribution < 1.29 is 0 Å². The maximum absolute atomic E-state index is 5.03. The molecule has 1 aliphatic rings. The van der Waals surface area contributed by atoms with E-state index in [1.54, 1.807) is 0 Å². The van der Waals surface area contributed by atoms with Crippen LogP contribution < -0.4 is 5.32 Å². The monoisotopic (exact) mass is 493 g/mol. The predicted octanol–water partition coefficient (Wildman–Crippen LogP) is 8.85. The van der Waals surface area contributed by atoms with Crippen LogP contribution >= 0.6 is 11.8 Å². The molecular formula is C33H23N3S. The molecule has 1 unspecified atom stereocenters. The lowest BCUT2D eigenvalue weighted by Gasteiger charge is -2.12. The molecule has 5 aromatic carbocycles. The van der Waals surface area contributed by atoms with Crippen LogP contribution in [0.3, 0.4) is 0 Å². The number of thioether (sulfide) groups is 1. The van der Waals surface area contributed by atoms with E-state index in [1.807, 2.05) is 48.2 Å². The molecule has 6 aromatic rings. The Balaban J connectivity index is 1.36. The van der Waals surface area contributed by atoms with E-state index in [9.17, 15) is 0 Å². The second-order valence-electron chi connectivity index (χ2n) is 9.12. The van der Waals surface area contributed by atoms with Crippen LogP contribution in [0.2, 0.25) is 0 Å². The maximum Gasteiger partial charge on any atom is 0.160 e. The molecule has 0 amide bonds. The molecule has 1 aliphatic heterocycles. The molecule has 1 atom stereocenters. The largest absolute Gasteiger partial charge is 0.368 e. The van der Waals surface area contributed by atoms with E-state index >= 15 is 0 Å². The quantitative estimate of drug-likeness (QED) is 0.266. The highest BCUT2D eigenvalue weighted by Gasteiger charge is 2.24. The molecule has 3 nitrogen and oxygen atoms in total. The Labute approximate surface area is 220 Å². The molecule has 0 spiro atoms. The topological polar surface area (TPSA) is 37.8 Å². The number of anilines is 1. The summed E-state index contributed by atoms with van der Waals surface area (Å²) in [5, 5.41) is 6.36. The third-order valence-corrected chi connectivity index (χ3v) is 7.95. The average Bonchev–Trinajstić information content (AvgIpc) is 3.43. The van der Waals surface area contributed by atoms with Gasteiger partial charge >= 0.3 is 0 Å². The van der Waals surface area contributed by atoms with Gasteiger partial charge in [-0.25, -0.2) is 9.97 Å². The van der Waals surface area contributed by atoms with E-state index in [1.165, 1.54) is 26.9 Å². The van der Waals surface area contributed by atoms with Crippen LogP contribution in [-0.4, -0.2) is 9.97 Å². The summed E-state index contributed by atoms with van der Waals surface area (Å²) in [5.74, 6) is 0.727. The standard InChI is InChI=1S/C33H23N3S/c1-4-10-23(11-5-1)28-21-29(24-12-6-2-7-13-24)35-32(34-28)26-17-16-22-18-19-30-31(27(22)20-26)36-33(37-30)25-14-8-3-9-15-25/h1-21,33,36H. The van der Waals surface area contributed by atoms with Crippen LogP contribution in [0.1, 0.15) is 10.9 Å². The molecule has 0 radical (unpaired) electrons. The molecule has 176 valence electrons. The van der Waals surface area contributed by atoms with E-state index in [0.29, 0.717) is 0 Å². The van der Waals surface area contributed by atoms with Gasteiger partial charge in [-0.1, -0.05) is 121 Å². The van der Waals surface area contributed by atoms with Gasteiger partial charge in [-0.2, -0.15) is 0 Å². The molecule has 2 heterocycles. The number of aromatic nitrogens is 2. The van der Waals surface area contributed by atoms with E-state index in [-0.39, 0.29) is 5.37 Å². The smallest absolute Gasteiger partial charge is 0.160 e. The Morgan fingerprint density at radius 2 is 1.16 bits per heavy atom. The molecule has 0 bridgehead atoms. The molecule has 0 saturated heterocycles. The Hall–Kier alpha value is -4.41. The zero-order valence-corrected chi connectivity index (χ0v) is 20.8. The number of fused-ring (bicyclic) bond motifs is 3. The van der Waals surface area contributed by atoms with Gasteiger partial charge < -0.3 is 5.32 Å². The summed E-state index contributed by atoms with van der Waals surface area (Å²) in [4.78, 5) is 11.3. The summed E-state index contributed by atoms with van der Waals surface area (Å²) in [5.41, 5.74) is 7.45. The molecular weight excluding hydrogens is 470 g/mol. The minimum atomic E-state index is 0.202. The van der Waals surface area contributed by atoms with Gasteiger partial charge in [-0.3, -0.25) is 0 Å². The molecule has 1 N–H and O–H groups in total. The minimum absolute atomic E-state index is 0.202. The van der Waals surface area contributed by atoms with E-state index in [4.69, 9.17) is 9.97 Å². The summed E-state index contributed by atoms with van der Waals surface area (Å²) in [6.07, 6.45) is 0. The Bertz CT molecular complexity index is 1660. The fraction of sp³-hybridized carbons (Fsp3) is 0.0303. The van der Waals surface area contributed by atoms with E-state index in [0.717, 1.165) is 33.9 Å². The first-order valence-corrected chi connectivity index (χ1v) is 13.2. The van der Waals surface area contributed by atoms with Gasteiger partial charge in [0.25, 0.3) is 0 Å². The first-order chi connectivity index (χ1) is 18.3. The van der Waals surface area contributed by atoms with Gasteiger partial charge in [0, 0.05) is 27.0 Å². The van der Waals surface area contributed by atoms with Crippen molar-refractivity contribution in [3.63, 3.8) is 0 Å². The molecule has 0 aliphatic carbocycles. The zero-order chi connectivity index (χ0) is 24.6.